The molecular formula is C13H26BrNO. The lowest BCUT2D eigenvalue weighted by atomic mass is 9.96. The number of aliphatic hydroxyl groups excluding tert-OH is 1. The molecule has 0 aliphatic carbocycles. The number of hydrogen-bond acceptors (Lipinski definition) is 2. The summed E-state index contributed by atoms with van der Waals surface area (Å²) in [6, 6.07) is 0.405. The van der Waals surface area contributed by atoms with Crippen molar-refractivity contribution in [2.75, 3.05) is 25.0 Å². The highest BCUT2D eigenvalue weighted by atomic mass is 79.9. The van der Waals surface area contributed by atoms with Crippen molar-refractivity contribution in [3.8, 4) is 0 Å². The van der Waals surface area contributed by atoms with Crippen molar-refractivity contribution >= 4 is 15.9 Å². The van der Waals surface area contributed by atoms with E-state index in [9.17, 15) is 5.11 Å². The Kier molecular flexibility index (Phi) is 6.94. The molecule has 2 nitrogen and oxygen atoms in total. The van der Waals surface area contributed by atoms with E-state index in [1.807, 2.05) is 0 Å². The van der Waals surface area contributed by atoms with Gasteiger partial charge < -0.3 is 5.11 Å². The fraction of sp³-hybridized carbons (Fsp3) is 1.00. The summed E-state index contributed by atoms with van der Waals surface area (Å²) in [4.78, 5) is 2.51. The maximum atomic E-state index is 9.46. The lowest BCUT2D eigenvalue weighted by Gasteiger charge is -2.33. The molecule has 1 rings (SSSR count). The van der Waals surface area contributed by atoms with Crippen LogP contribution in [0.25, 0.3) is 0 Å². The van der Waals surface area contributed by atoms with Crippen molar-refractivity contribution in [1.82, 2.24) is 4.90 Å². The first-order valence-corrected chi connectivity index (χ1v) is 7.72. The first kappa shape index (κ1) is 14.5. The van der Waals surface area contributed by atoms with Gasteiger partial charge in [0.15, 0.2) is 0 Å². The second-order valence-electron chi connectivity index (χ2n) is 5.34. The maximum absolute atomic E-state index is 9.46. The monoisotopic (exact) mass is 291 g/mol. The first-order chi connectivity index (χ1) is 7.69. The van der Waals surface area contributed by atoms with E-state index < -0.39 is 0 Å². The number of alkyl halides is 1. The molecule has 0 saturated carbocycles. The van der Waals surface area contributed by atoms with Crippen molar-refractivity contribution in [2.24, 2.45) is 11.8 Å². The van der Waals surface area contributed by atoms with Gasteiger partial charge in [-0.05, 0) is 31.2 Å². The van der Waals surface area contributed by atoms with E-state index in [0.29, 0.717) is 24.5 Å². The topological polar surface area (TPSA) is 23.5 Å². The Morgan fingerprint density at radius 2 is 2.06 bits per heavy atom. The van der Waals surface area contributed by atoms with E-state index in [4.69, 9.17) is 0 Å². The van der Waals surface area contributed by atoms with Gasteiger partial charge in [-0.1, -0.05) is 42.6 Å². The highest BCUT2D eigenvalue weighted by molar-refractivity contribution is 9.09. The Balaban J connectivity index is 2.53. The number of nitrogens with zero attached hydrogens (tertiary/aromatic N) is 1. The molecular weight excluding hydrogens is 266 g/mol. The van der Waals surface area contributed by atoms with Gasteiger partial charge in [-0.15, -0.1) is 0 Å². The third kappa shape index (κ3) is 4.34. The molecule has 0 amide bonds. The third-order valence-corrected chi connectivity index (χ3v) is 4.65. The molecule has 0 aromatic carbocycles. The van der Waals surface area contributed by atoms with Crippen LogP contribution in [0, 0.1) is 11.8 Å². The highest BCUT2D eigenvalue weighted by Gasteiger charge is 2.24. The summed E-state index contributed by atoms with van der Waals surface area (Å²) in [5, 5.41) is 10.5. The van der Waals surface area contributed by atoms with E-state index in [2.05, 4.69) is 34.7 Å². The summed E-state index contributed by atoms with van der Waals surface area (Å²) in [5.41, 5.74) is 0. The minimum atomic E-state index is 0.326. The van der Waals surface area contributed by atoms with Gasteiger partial charge in [0.1, 0.15) is 0 Å². The lowest BCUT2D eigenvalue weighted by molar-refractivity contribution is 0.104. The van der Waals surface area contributed by atoms with Gasteiger partial charge in [0.05, 0.1) is 6.61 Å². The molecule has 96 valence electrons. The average molecular weight is 292 g/mol. The van der Waals surface area contributed by atoms with Crippen LogP contribution in [0.1, 0.15) is 39.5 Å². The normalized spacial score (nSPS) is 25.7. The Morgan fingerprint density at radius 1 is 1.31 bits per heavy atom. The van der Waals surface area contributed by atoms with E-state index in [1.165, 1.54) is 32.2 Å². The Hall–Kier alpha value is 0.400. The number of halogens is 1. The van der Waals surface area contributed by atoms with E-state index in [1.54, 1.807) is 0 Å². The Bertz CT molecular complexity index is 187. The zero-order chi connectivity index (χ0) is 12.0. The first-order valence-electron chi connectivity index (χ1n) is 6.60. The molecule has 3 heteroatoms. The lowest BCUT2D eigenvalue weighted by Crippen LogP contribution is -2.42. The SMILES string of the molecule is CC(C)C(CBr)CN1CCCCCC1CO. The van der Waals surface area contributed by atoms with Crippen LogP contribution in [-0.2, 0) is 0 Å². The van der Waals surface area contributed by atoms with Crippen LogP contribution < -0.4 is 0 Å². The summed E-state index contributed by atoms with van der Waals surface area (Å²) in [5.74, 6) is 1.41. The quantitative estimate of drug-likeness (QED) is 0.788. The molecule has 1 fully saturated rings. The van der Waals surface area contributed by atoms with Crippen LogP contribution >= 0.6 is 15.9 Å². The van der Waals surface area contributed by atoms with Crippen LogP contribution in [0.5, 0.6) is 0 Å². The van der Waals surface area contributed by atoms with Crippen molar-refractivity contribution in [2.45, 2.75) is 45.6 Å². The molecule has 1 aliphatic heterocycles. The fourth-order valence-electron chi connectivity index (χ4n) is 2.42. The maximum Gasteiger partial charge on any atom is 0.0586 e. The van der Waals surface area contributed by atoms with Crippen molar-refractivity contribution in [3.63, 3.8) is 0 Å². The third-order valence-electron chi connectivity index (χ3n) is 3.82. The minimum Gasteiger partial charge on any atom is -0.395 e. The molecule has 0 aromatic heterocycles. The average Bonchev–Trinajstić information content (AvgIpc) is 2.49. The van der Waals surface area contributed by atoms with Crippen LogP contribution in [0.2, 0.25) is 0 Å². The molecule has 0 bridgehead atoms. The summed E-state index contributed by atoms with van der Waals surface area (Å²) >= 11 is 3.62. The van der Waals surface area contributed by atoms with Gasteiger partial charge in [0, 0.05) is 17.9 Å². The summed E-state index contributed by atoms with van der Waals surface area (Å²) in [7, 11) is 0. The number of aliphatic hydroxyl groups is 1. The van der Waals surface area contributed by atoms with Crippen molar-refractivity contribution in [3.05, 3.63) is 0 Å². The van der Waals surface area contributed by atoms with Gasteiger partial charge >= 0.3 is 0 Å². The fourth-order valence-corrected chi connectivity index (χ4v) is 3.38. The minimum absolute atomic E-state index is 0.326. The summed E-state index contributed by atoms with van der Waals surface area (Å²) in [6.07, 6.45) is 5.07. The number of rotatable bonds is 5. The second-order valence-corrected chi connectivity index (χ2v) is 5.99. The van der Waals surface area contributed by atoms with Crippen molar-refractivity contribution < 1.29 is 5.11 Å². The Morgan fingerprint density at radius 3 is 2.62 bits per heavy atom. The summed E-state index contributed by atoms with van der Waals surface area (Å²) in [6.45, 7) is 7.21. The second kappa shape index (κ2) is 7.67. The largest absolute Gasteiger partial charge is 0.395 e. The van der Waals surface area contributed by atoms with Gasteiger partial charge in [-0.25, -0.2) is 0 Å². The predicted molar refractivity (Wildman–Crippen MR) is 73.0 cm³/mol. The van der Waals surface area contributed by atoms with Crippen LogP contribution in [0.3, 0.4) is 0 Å². The Labute approximate surface area is 109 Å². The van der Waals surface area contributed by atoms with Crippen LogP contribution in [0.4, 0.5) is 0 Å². The van der Waals surface area contributed by atoms with E-state index in [0.717, 1.165) is 11.9 Å². The molecule has 0 aromatic rings. The molecule has 1 N–H and O–H groups in total. The van der Waals surface area contributed by atoms with Gasteiger partial charge in [-0.3, -0.25) is 4.90 Å². The van der Waals surface area contributed by atoms with Crippen molar-refractivity contribution in [1.29, 1.82) is 0 Å². The smallest absolute Gasteiger partial charge is 0.0586 e. The van der Waals surface area contributed by atoms with Gasteiger partial charge in [0.2, 0.25) is 0 Å². The van der Waals surface area contributed by atoms with Gasteiger partial charge in [0.25, 0.3) is 0 Å². The molecule has 1 heterocycles. The molecule has 0 radical (unpaired) electrons. The van der Waals surface area contributed by atoms with E-state index in [-0.39, 0.29) is 0 Å². The zero-order valence-corrected chi connectivity index (χ0v) is 12.2. The molecule has 16 heavy (non-hydrogen) atoms. The standard InChI is InChI=1S/C13H26BrNO/c1-11(2)12(8-14)9-15-7-5-3-4-6-13(15)10-16/h11-13,16H,3-10H2,1-2H3. The van der Waals surface area contributed by atoms with Gasteiger partial charge in [-0.2, -0.15) is 0 Å². The van der Waals surface area contributed by atoms with E-state index >= 15 is 0 Å². The van der Waals surface area contributed by atoms with Crippen LogP contribution in [0.15, 0.2) is 0 Å². The van der Waals surface area contributed by atoms with Crippen LogP contribution in [-0.4, -0.2) is 41.1 Å². The summed E-state index contributed by atoms with van der Waals surface area (Å²) < 4.78 is 0. The zero-order valence-electron chi connectivity index (χ0n) is 10.7. The molecule has 1 aliphatic rings. The molecule has 1 saturated heterocycles. The molecule has 2 atom stereocenters. The highest BCUT2D eigenvalue weighted by Crippen LogP contribution is 2.21. The number of likely N-dealkylation sites (tertiary alicyclic amines) is 1. The number of hydrogen-bond donors (Lipinski definition) is 1. The predicted octanol–water partition coefficient (Wildman–Crippen LogP) is 2.89. The molecule has 0 spiro atoms. The molecule has 2 unspecified atom stereocenters.